The van der Waals surface area contributed by atoms with E-state index in [0.29, 0.717) is 10.6 Å². The lowest BCUT2D eigenvalue weighted by Gasteiger charge is -2.09. The van der Waals surface area contributed by atoms with Crippen molar-refractivity contribution in [2.75, 3.05) is 11.9 Å². The van der Waals surface area contributed by atoms with Crippen molar-refractivity contribution in [1.29, 1.82) is 0 Å². The van der Waals surface area contributed by atoms with Gasteiger partial charge in [-0.1, -0.05) is 36.7 Å². The number of anilines is 1. The topological polar surface area (TPSA) is 71.3 Å². The van der Waals surface area contributed by atoms with Gasteiger partial charge in [0.1, 0.15) is 5.58 Å². The first-order valence-corrected chi connectivity index (χ1v) is 8.29. The maximum atomic E-state index is 12.2. The number of nitrogens with one attached hydrogen (secondary N) is 2. The van der Waals surface area contributed by atoms with Crippen LogP contribution in [0.1, 0.15) is 23.0 Å². The Kier molecular flexibility index (Phi) is 5.05. The van der Waals surface area contributed by atoms with Crippen molar-refractivity contribution < 1.29 is 14.0 Å². The van der Waals surface area contributed by atoms with Crippen molar-refractivity contribution in [2.45, 2.75) is 13.3 Å². The van der Waals surface area contributed by atoms with E-state index in [2.05, 4.69) is 10.6 Å². The van der Waals surface area contributed by atoms with Crippen LogP contribution in [0.15, 0.2) is 52.9 Å². The number of halogens is 1. The minimum absolute atomic E-state index is 0.138. The van der Waals surface area contributed by atoms with Gasteiger partial charge in [0, 0.05) is 16.1 Å². The van der Waals surface area contributed by atoms with Gasteiger partial charge in [-0.2, -0.15) is 0 Å². The first kappa shape index (κ1) is 17.0. The second-order valence-corrected chi connectivity index (χ2v) is 5.97. The van der Waals surface area contributed by atoms with Gasteiger partial charge in [-0.3, -0.25) is 9.59 Å². The molecule has 1 heterocycles. The Balaban J connectivity index is 1.62. The molecule has 0 saturated heterocycles. The molecule has 25 heavy (non-hydrogen) atoms. The third kappa shape index (κ3) is 4.00. The van der Waals surface area contributed by atoms with Crippen molar-refractivity contribution in [2.24, 2.45) is 0 Å². The lowest BCUT2D eigenvalue weighted by Crippen LogP contribution is -2.32. The molecule has 2 N–H and O–H groups in total. The molecular weight excluding hydrogens is 340 g/mol. The SMILES string of the molecule is CCc1ccccc1NC(=O)CNC(=O)c1cc2cc(Cl)ccc2o1. The number of rotatable bonds is 5. The van der Waals surface area contributed by atoms with Crippen LogP contribution < -0.4 is 10.6 Å². The largest absolute Gasteiger partial charge is 0.451 e. The van der Waals surface area contributed by atoms with E-state index in [9.17, 15) is 9.59 Å². The Labute approximate surface area is 150 Å². The molecule has 0 saturated carbocycles. The molecule has 1 aromatic heterocycles. The minimum Gasteiger partial charge on any atom is -0.451 e. The minimum atomic E-state index is -0.453. The third-order valence-corrected chi connectivity index (χ3v) is 4.02. The van der Waals surface area contributed by atoms with E-state index in [1.165, 1.54) is 0 Å². The molecule has 2 amide bonds. The molecule has 0 fully saturated rings. The summed E-state index contributed by atoms with van der Waals surface area (Å²) in [4.78, 5) is 24.2. The average molecular weight is 357 g/mol. The van der Waals surface area contributed by atoms with Crippen LogP contribution in [0, 0.1) is 0 Å². The van der Waals surface area contributed by atoms with Crippen molar-refractivity contribution in [3.05, 3.63) is 64.9 Å². The zero-order chi connectivity index (χ0) is 17.8. The summed E-state index contributed by atoms with van der Waals surface area (Å²) in [7, 11) is 0. The Hall–Kier alpha value is -2.79. The number of hydrogen-bond donors (Lipinski definition) is 2. The van der Waals surface area contributed by atoms with Crippen LogP contribution in [0.5, 0.6) is 0 Å². The van der Waals surface area contributed by atoms with E-state index in [1.54, 1.807) is 24.3 Å². The highest BCUT2D eigenvalue weighted by Gasteiger charge is 2.14. The Morgan fingerprint density at radius 1 is 1.12 bits per heavy atom. The summed E-state index contributed by atoms with van der Waals surface area (Å²) < 4.78 is 5.47. The summed E-state index contributed by atoms with van der Waals surface area (Å²) in [5.74, 6) is -0.612. The third-order valence-electron chi connectivity index (χ3n) is 3.78. The molecule has 3 rings (SSSR count). The fraction of sp³-hybridized carbons (Fsp3) is 0.158. The summed E-state index contributed by atoms with van der Waals surface area (Å²) in [6.07, 6.45) is 0.810. The van der Waals surface area contributed by atoms with Gasteiger partial charge >= 0.3 is 0 Å². The van der Waals surface area contributed by atoms with Gasteiger partial charge in [0.05, 0.1) is 6.54 Å². The number of aryl methyl sites for hydroxylation is 1. The number of fused-ring (bicyclic) bond motifs is 1. The molecule has 0 aliphatic rings. The van der Waals surface area contributed by atoms with Gasteiger partial charge in [0.2, 0.25) is 5.91 Å². The van der Waals surface area contributed by atoms with Crippen molar-refractivity contribution in [1.82, 2.24) is 5.32 Å². The number of amides is 2. The molecule has 128 valence electrons. The van der Waals surface area contributed by atoms with Crippen LogP contribution >= 0.6 is 11.6 Å². The quantitative estimate of drug-likeness (QED) is 0.725. The van der Waals surface area contributed by atoms with Crippen molar-refractivity contribution >= 4 is 40.1 Å². The Bertz CT molecular complexity index is 933. The maximum Gasteiger partial charge on any atom is 0.287 e. The highest BCUT2D eigenvalue weighted by molar-refractivity contribution is 6.31. The van der Waals surface area contributed by atoms with Crippen LogP contribution in [0.2, 0.25) is 5.02 Å². The lowest BCUT2D eigenvalue weighted by molar-refractivity contribution is -0.115. The second-order valence-electron chi connectivity index (χ2n) is 5.53. The Morgan fingerprint density at radius 3 is 2.72 bits per heavy atom. The summed E-state index contributed by atoms with van der Waals surface area (Å²) in [6, 6.07) is 14.3. The van der Waals surface area contributed by atoms with E-state index in [1.807, 2.05) is 31.2 Å². The van der Waals surface area contributed by atoms with Gasteiger partial charge in [-0.05, 0) is 42.3 Å². The van der Waals surface area contributed by atoms with Gasteiger partial charge in [-0.25, -0.2) is 0 Å². The number of hydrogen-bond acceptors (Lipinski definition) is 3. The average Bonchev–Trinajstić information content (AvgIpc) is 3.03. The highest BCUT2D eigenvalue weighted by atomic mass is 35.5. The van der Waals surface area contributed by atoms with E-state index >= 15 is 0 Å². The van der Waals surface area contributed by atoms with E-state index < -0.39 is 5.91 Å². The number of furan rings is 1. The number of carbonyl (C=O) groups excluding carboxylic acids is 2. The standard InChI is InChI=1S/C19H17ClN2O3/c1-2-12-5-3-4-6-15(12)22-18(23)11-21-19(24)17-10-13-9-14(20)7-8-16(13)25-17/h3-10H,2,11H2,1H3,(H,21,24)(H,22,23). The second kappa shape index (κ2) is 7.40. The summed E-state index contributed by atoms with van der Waals surface area (Å²) in [6.45, 7) is 1.87. The predicted molar refractivity (Wildman–Crippen MR) is 98.0 cm³/mol. The Morgan fingerprint density at radius 2 is 1.92 bits per heavy atom. The smallest absolute Gasteiger partial charge is 0.287 e. The maximum absolute atomic E-state index is 12.2. The van der Waals surface area contributed by atoms with E-state index in [-0.39, 0.29) is 18.2 Å². The summed E-state index contributed by atoms with van der Waals surface area (Å²) >= 11 is 5.92. The van der Waals surface area contributed by atoms with Crippen LogP contribution in [0.3, 0.4) is 0 Å². The molecule has 0 aliphatic carbocycles. The number of para-hydroxylation sites is 1. The molecule has 0 atom stereocenters. The number of carbonyl (C=O) groups is 2. The van der Waals surface area contributed by atoms with E-state index in [4.69, 9.17) is 16.0 Å². The highest BCUT2D eigenvalue weighted by Crippen LogP contribution is 2.23. The molecule has 0 spiro atoms. The van der Waals surface area contributed by atoms with Crippen LogP contribution in [-0.2, 0) is 11.2 Å². The molecular formula is C19H17ClN2O3. The van der Waals surface area contributed by atoms with Gasteiger partial charge in [0.15, 0.2) is 5.76 Å². The normalized spacial score (nSPS) is 10.6. The molecule has 6 heteroatoms. The monoisotopic (exact) mass is 356 g/mol. The fourth-order valence-corrected chi connectivity index (χ4v) is 2.70. The molecule has 2 aromatic carbocycles. The van der Waals surface area contributed by atoms with E-state index in [0.717, 1.165) is 23.1 Å². The first-order valence-electron chi connectivity index (χ1n) is 7.92. The van der Waals surface area contributed by atoms with Crippen LogP contribution in [0.25, 0.3) is 11.0 Å². The van der Waals surface area contributed by atoms with Crippen molar-refractivity contribution in [3.63, 3.8) is 0 Å². The molecule has 0 unspecified atom stereocenters. The molecule has 0 radical (unpaired) electrons. The molecule has 0 bridgehead atoms. The van der Waals surface area contributed by atoms with Crippen molar-refractivity contribution in [3.8, 4) is 0 Å². The molecule has 5 nitrogen and oxygen atoms in total. The summed E-state index contributed by atoms with van der Waals surface area (Å²) in [5.41, 5.74) is 2.36. The van der Waals surface area contributed by atoms with Gasteiger partial charge in [-0.15, -0.1) is 0 Å². The van der Waals surface area contributed by atoms with Crippen LogP contribution in [0.4, 0.5) is 5.69 Å². The predicted octanol–water partition coefficient (Wildman–Crippen LogP) is 4.02. The lowest BCUT2D eigenvalue weighted by atomic mass is 10.1. The summed E-state index contributed by atoms with van der Waals surface area (Å²) in [5, 5.41) is 6.65. The first-order chi connectivity index (χ1) is 12.1. The molecule has 3 aromatic rings. The zero-order valence-corrected chi connectivity index (χ0v) is 14.4. The number of benzene rings is 2. The van der Waals surface area contributed by atoms with Gasteiger partial charge in [0.25, 0.3) is 5.91 Å². The van der Waals surface area contributed by atoms with Gasteiger partial charge < -0.3 is 15.1 Å². The fourth-order valence-electron chi connectivity index (χ4n) is 2.52. The van der Waals surface area contributed by atoms with Crippen LogP contribution in [-0.4, -0.2) is 18.4 Å². The molecule has 0 aliphatic heterocycles. The zero-order valence-electron chi connectivity index (χ0n) is 13.6.